The summed E-state index contributed by atoms with van der Waals surface area (Å²) in [5, 5.41) is 3.19. The summed E-state index contributed by atoms with van der Waals surface area (Å²) >= 11 is 0. The van der Waals surface area contributed by atoms with Crippen LogP contribution >= 0.6 is 0 Å². The zero-order valence-electron chi connectivity index (χ0n) is 19.8. The first-order valence-electron chi connectivity index (χ1n) is 11.4. The average Bonchev–Trinajstić information content (AvgIpc) is 3.40. The van der Waals surface area contributed by atoms with Crippen molar-refractivity contribution in [2.45, 2.75) is 38.7 Å². The fourth-order valence-electron chi connectivity index (χ4n) is 4.05. The van der Waals surface area contributed by atoms with Crippen molar-refractivity contribution in [1.82, 2.24) is 4.98 Å². The normalized spacial score (nSPS) is 14.4. The highest BCUT2D eigenvalue weighted by atomic mass is 19.1. The van der Waals surface area contributed by atoms with E-state index < -0.39 is 17.8 Å². The number of aromatic nitrogens is 1. The number of benzene rings is 2. The van der Waals surface area contributed by atoms with Crippen LogP contribution in [-0.2, 0) is 14.3 Å². The Morgan fingerprint density at radius 1 is 1.00 bits per heavy atom. The van der Waals surface area contributed by atoms with Crippen molar-refractivity contribution in [2.24, 2.45) is 5.92 Å². The van der Waals surface area contributed by atoms with E-state index in [1.54, 1.807) is 24.4 Å². The third-order valence-electron chi connectivity index (χ3n) is 5.98. The average molecular weight is 483 g/mol. The van der Waals surface area contributed by atoms with Gasteiger partial charge in [0.05, 0.1) is 25.7 Å². The standard InChI is InChI=1S/C26H27FN2O6/c1-15(34-26(31)16-6-4-5-7-16)25(30)29-17-8-9-22(19(27)12-17)35-21-10-11-28-20-14-24(33-3)23(32-2)13-18(20)21/h8-16H,4-7H2,1-3H3,(H,29,30). The number of anilines is 1. The molecule has 9 heteroatoms. The molecule has 2 aromatic carbocycles. The summed E-state index contributed by atoms with van der Waals surface area (Å²) in [4.78, 5) is 28.9. The molecule has 0 saturated heterocycles. The van der Waals surface area contributed by atoms with Crippen LogP contribution in [0.1, 0.15) is 32.6 Å². The number of hydrogen-bond acceptors (Lipinski definition) is 7. The Morgan fingerprint density at radius 2 is 1.71 bits per heavy atom. The summed E-state index contributed by atoms with van der Waals surface area (Å²) in [6.07, 6.45) is 4.11. The molecule has 1 fully saturated rings. The molecule has 1 aromatic heterocycles. The minimum Gasteiger partial charge on any atom is -0.493 e. The highest BCUT2D eigenvalue weighted by Gasteiger charge is 2.27. The molecule has 1 N–H and O–H groups in total. The van der Waals surface area contributed by atoms with Crippen molar-refractivity contribution in [3.05, 3.63) is 48.4 Å². The number of carbonyl (C=O) groups is 2. The van der Waals surface area contributed by atoms with Crippen molar-refractivity contribution >= 4 is 28.5 Å². The van der Waals surface area contributed by atoms with Gasteiger partial charge in [-0.15, -0.1) is 0 Å². The van der Waals surface area contributed by atoms with Gasteiger partial charge in [0.1, 0.15) is 5.75 Å². The number of halogens is 1. The third kappa shape index (κ3) is 5.45. The van der Waals surface area contributed by atoms with Crippen LogP contribution in [0.25, 0.3) is 10.9 Å². The lowest BCUT2D eigenvalue weighted by molar-refractivity contribution is -0.157. The summed E-state index contributed by atoms with van der Waals surface area (Å²) in [5.41, 5.74) is 0.806. The summed E-state index contributed by atoms with van der Waals surface area (Å²) in [7, 11) is 3.05. The number of carbonyl (C=O) groups excluding carboxylic acids is 2. The first-order valence-corrected chi connectivity index (χ1v) is 11.4. The SMILES string of the molecule is COc1cc2nccc(Oc3ccc(NC(=O)C(C)OC(=O)C4CCCC4)cc3F)c2cc1OC. The lowest BCUT2D eigenvalue weighted by atomic mass is 10.1. The molecular formula is C26H27FN2O6. The summed E-state index contributed by atoms with van der Waals surface area (Å²) in [6.45, 7) is 1.49. The van der Waals surface area contributed by atoms with E-state index in [4.69, 9.17) is 18.9 Å². The molecular weight excluding hydrogens is 455 g/mol. The summed E-state index contributed by atoms with van der Waals surface area (Å²) in [5.74, 6) is -0.388. The smallest absolute Gasteiger partial charge is 0.309 e. The van der Waals surface area contributed by atoms with E-state index in [1.807, 2.05) is 0 Å². The second-order valence-electron chi connectivity index (χ2n) is 8.33. The molecule has 35 heavy (non-hydrogen) atoms. The number of rotatable bonds is 8. The molecule has 3 aromatic rings. The van der Waals surface area contributed by atoms with E-state index in [2.05, 4.69) is 10.3 Å². The number of ether oxygens (including phenoxy) is 4. The second kappa shape index (κ2) is 10.6. The highest BCUT2D eigenvalue weighted by Crippen LogP contribution is 2.37. The van der Waals surface area contributed by atoms with Crippen LogP contribution in [0.3, 0.4) is 0 Å². The van der Waals surface area contributed by atoms with Crippen molar-refractivity contribution in [1.29, 1.82) is 0 Å². The molecule has 0 aliphatic heterocycles. The van der Waals surface area contributed by atoms with Gasteiger partial charge in [-0.3, -0.25) is 14.6 Å². The molecule has 1 aliphatic carbocycles. The number of fused-ring (bicyclic) bond motifs is 1. The Balaban J connectivity index is 1.46. The van der Waals surface area contributed by atoms with Crippen molar-refractivity contribution in [3.8, 4) is 23.0 Å². The molecule has 1 atom stereocenters. The lowest BCUT2D eigenvalue weighted by Crippen LogP contribution is -2.31. The van der Waals surface area contributed by atoms with Crippen molar-refractivity contribution in [3.63, 3.8) is 0 Å². The molecule has 4 rings (SSSR count). The van der Waals surface area contributed by atoms with Gasteiger partial charge in [0.2, 0.25) is 0 Å². The maximum absolute atomic E-state index is 14.8. The van der Waals surface area contributed by atoms with Gasteiger partial charge in [-0.1, -0.05) is 12.8 Å². The van der Waals surface area contributed by atoms with Crippen LogP contribution in [0.4, 0.5) is 10.1 Å². The van der Waals surface area contributed by atoms with Crippen LogP contribution in [0.15, 0.2) is 42.6 Å². The van der Waals surface area contributed by atoms with E-state index in [-0.39, 0.29) is 23.3 Å². The maximum atomic E-state index is 14.8. The Bertz CT molecular complexity index is 1240. The minimum absolute atomic E-state index is 0.0361. The minimum atomic E-state index is -0.989. The van der Waals surface area contributed by atoms with Crippen LogP contribution in [0.5, 0.6) is 23.0 Å². The molecule has 1 heterocycles. The molecule has 1 unspecified atom stereocenters. The Hall–Kier alpha value is -3.88. The van der Waals surface area contributed by atoms with Gasteiger partial charge in [-0.25, -0.2) is 4.39 Å². The third-order valence-corrected chi connectivity index (χ3v) is 5.98. The van der Waals surface area contributed by atoms with Crippen molar-refractivity contribution in [2.75, 3.05) is 19.5 Å². The van der Waals surface area contributed by atoms with Gasteiger partial charge >= 0.3 is 5.97 Å². The number of hydrogen-bond donors (Lipinski definition) is 1. The molecule has 0 bridgehead atoms. The van der Waals surface area contributed by atoms with Gasteiger partial charge in [-0.2, -0.15) is 0 Å². The Kier molecular flexibility index (Phi) is 7.33. The summed E-state index contributed by atoms with van der Waals surface area (Å²) < 4.78 is 36.6. The Morgan fingerprint density at radius 3 is 2.40 bits per heavy atom. The fourth-order valence-corrected chi connectivity index (χ4v) is 4.05. The molecule has 0 radical (unpaired) electrons. The lowest BCUT2D eigenvalue weighted by Gasteiger charge is -2.16. The number of nitrogens with zero attached hydrogens (tertiary/aromatic N) is 1. The number of esters is 1. The maximum Gasteiger partial charge on any atom is 0.309 e. The van der Waals surface area contributed by atoms with E-state index in [9.17, 15) is 14.0 Å². The topological polar surface area (TPSA) is 96.0 Å². The number of nitrogens with one attached hydrogen (secondary N) is 1. The van der Waals surface area contributed by atoms with Crippen LogP contribution in [0.2, 0.25) is 0 Å². The zero-order valence-corrected chi connectivity index (χ0v) is 19.8. The molecule has 1 saturated carbocycles. The predicted octanol–water partition coefficient (Wildman–Crippen LogP) is 5.24. The second-order valence-corrected chi connectivity index (χ2v) is 8.33. The molecule has 184 valence electrons. The van der Waals surface area contributed by atoms with Gasteiger partial charge in [0, 0.05) is 29.4 Å². The van der Waals surface area contributed by atoms with Crippen molar-refractivity contribution < 1.29 is 32.9 Å². The number of pyridine rings is 1. The quantitative estimate of drug-likeness (QED) is 0.439. The Labute approximate surface area is 202 Å². The molecule has 1 aliphatic rings. The predicted molar refractivity (Wildman–Crippen MR) is 127 cm³/mol. The van der Waals surface area contributed by atoms with Crippen LogP contribution in [-0.4, -0.2) is 37.2 Å². The van der Waals surface area contributed by atoms with Gasteiger partial charge in [-0.05, 0) is 44.0 Å². The first-order chi connectivity index (χ1) is 16.9. The molecule has 0 spiro atoms. The molecule has 1 amide bonds. The van der Waals surface area contributed by atoms with E-state index >= 15 is 0 Å². The first kappa shape index (κ1) is 24.3. The monoisotopic (exact) mass is 482 g/mol. The number of methoxy groups -OCH3 is 2. The van der Waals surface area contributed by atoms with Crippen LogP contribution in [0, 0.1) is 11.7 Å². The molecule has 8 nitrogen and oxygen atoms in total. The van der Waals surface area contributed by atoms with E-state index in [0.717, 1.165) is 31.7 Å². The van der Waals surface area contributed by atoms with E-state index in [1.165, 1.54) is 33.3 Å². The zero-order chi connectivity index (χ0) is 24.9. The fraction of sp³-hybridized carbons (Fsp3) is 0.346. The number of amides is 1. The van der Waals surface area contributed by atoms with Gasteiger partial charge < -0.3 is 24.3 Å². The highest BCUT2D eigenvalue weighted by molar-refractivity contribution is 5.95. The van der Waals surface area contributed by atoms with Gasteiger partial charge in [0.15, 0.2) is 29.2 Å². The van der Waals surface area contributed by atoms with Crippen LogP contribution < -0.4 is 19.5 Å². The largest absolute Gasteiger partial charge is 0.493 e. The summed E-state index contributed by atoms with van der Waals surface area (Å²) in [6, 6.07) is 9.09. The van der Waals surface area contributed by atoms with E-state index in [0.29, 0.717) is 28.2 Å². The van der Waals surface area contributed by atoms with Gasteiger partial charge in [0.25, 0.3) is 5.91 Å².